The van der Waals surface area contributed by atoms with Crippen LogP contribution in [0.1, 0.15) is 40.1 Å². The van der Waals surface area contributed by atoms with Crippen molar-refractivity contribution in [1.82, 2.24) is 0 Å². The number of esters is 1. The maximum atomic E-state index is 12.6. The molecule has 0 saturated heterocycles. The van der Waals surface area contributed by atoms with Crippen LogP contribution >= 0.6 is 0 Å². The van der Waals surface area contributed by atoms with Crippen molar-refractivity contribution in [3.05, 3.63) is 59.2 Å². The van der Waals surface area contributed by atoms with E-state index >= 15 is 0 Å². The molecule has 134 valence electrons. The molecule has 1 N–H and O–H groups in total. The lowest BCUT2D eigenvalue weighted by molar-refractivity contribution is -0.116. The summed E-state index contributed by atoms with van der Waals surface area (Å²) in [6.07, 6.45) is -0.253. The monoisotopic (exact) mass is 353 g/mol. The number of phenolic OH excluding ortho intramolecular Hbond substituents is 1. The van der Waals surface area contributed by atoms with Crippen molar-refractivity contribution in [1.29, 1.82) is 0 Å². The molecule has 1 heterocycles. The average molecular weight is 353 g/mol. The molecule has 6 heteroatoms. The average Bonchev–Trinajstić information content (AvgIpc) is 3.04. The van der Waals surface area contributed by atoms with Gasteiger partial charge in [-0.2, -0.15) is 0 Å². The molecule has 0 aromatic heterocycles. The lowest BCUT2D eigenvalue weighted by atomic mass is 10.0. The molecule has 0 fully saturated rings. The fraction of sp³-hybridized carbons (Fsp3) is 0.250. The molecule has 2 aromatic carbocycles. The van der Waals surface area contributed by atoms with E-state index in [-0.39, 0.29) is 23.0 Å². The number of nitrogens with zero attached hydrogens (tertiary/aromatic N) is 1. The Bertz CT molecular complexity index is 872. The highest BCUT2D eigenvalue weighted by molar-refractivity contribution is 6.02. The minimum absolute atomic E-state index is 0.0287. The zero-order chi connectivity index (χ0) is 18.8. The molecule has 1 unspecified atom stereocenters. The lowest BCUT2D eigenvalue weighted by Gasteiger charge is -2.16. The highest BCUT2D eigenvalue weighted by Gasteiger charge is 2.25. The summed E-state index contributed by atoms with van der Waals surface area (Å²) in [6, 6.07) is 10.8. The maximum absolute atomic E-state index is 12.6. The summed E-state index contributed by atoms with van der Waals surface area (Å²) in [5.74, 6) is -0.918. The van der Waals surface area contributed by atoms with Crippen LogP contribution in [-0.2, 0) is 16.0 Å². The van der Waals surface area contributed by atoms with E-state index in [4.69, 9.17) is 4.74 Å². The fourth-order valence-corrected chi connectivity index (χ4v) is 3.00. The number of hydrogen-bond donors (Lipinski definition) is 1. The zero-order valence-electron chi connectivity index (χ0n) is 14.6. The molecule has 1 atom stereocenters. The van der Waals surface area contributed by atoms with Gasteiger partial charge < -0.3 is 14.7 Å². The van der Waals surface area contributed by atoms with Gasteiger partial charge in [-0.25, -0.2) is 4.79 Å². The summed E-state index contributed by atoms with van der Waals surface area (Å²) in [7, 11) is 0. The van der Waals surface area contributed by atoms with Crippen LogP contribution in [0.2, 0.25) is 0 Å². The zero-order valence-corrected chi connectivity index (χ0v) is 14.6. The van der Waals surface area contributed by atoms with E-state index in [0.29, 0.717) is 18.5 Å². The molecule has 1 aliphatic rings. The van der Waals surface area contributed by atoms with Crippen molar-refractivity contribution in [3.8, 4) is 5.75 Å². The molecule has 0 saturated carbocycles. The fourth-order valence-electron chi connectivity index (χ4n) is 3.00. The third kappa shape index (κ3) is 3.44. The summed E-state index contributed by atoms with van der Waals surface area (Å²) in [4.78, 5) is 38.0. The first-order chi connectivity index (χ1) is 12.4. The number of hydrogen-bond acceptors (Lipinski definition) is 5. The Labute approximate surface area is 151 Å². The second-order valence-corrected chi connectivity index (χ2v) is 6.22. The normalized spacial score (nSPS) is 13.8. The molecule has 1 aliphatic heterocycles. The molecule has 26 heavy (non-hydrogen) atoms. The minimum atomic E-state index is -0.945. The van der Waals surface area contributed by atoms with Gasteiger partial charge in [0.1, 0.15) is 5.75 Å². The van der Waals surface area contributed by atoms with Crippen molar-refractivity contribution in [2.45, 2.75) is 26.4 Å². The number of ketones is 1. The number of anilines is 1. The predicted octanol–water partition coefficient (Wildman–Crippen LogP) is 2.73. The predicted molar refractivity (Wildman–Crippen MR) is 95.5 cm³/mol. The first-order valence-corrected chi connectivity index (χ1v) is 8.32. The van der Waals surface area contributed by atoms with E-state index in [2.05, 4.69) is 0 Å². The number of phenols is 1. The van der Waals surface area contributed by atoms with Gasteiger partial charge >= 0.3 is 5.97 Å². The third-order valence-corrected chi connectivity index (χ3v) is 4.40. The number of ether oxygens (including phenoxy) is 1. The molecule has 0 spiro atoms. The van der Waals surface area contributed by atoms with E-state index in [0.717, 1.165) is 11.3 Å². The van der Waals surface area contributed by atoms with Gasteiger partial charge in [0.15, 0.2) is 6.10 Å². The SMILES string of the molecule is CC(=O)N1CCc2cc(C(=O)C(C)OC(=O)c3ccc(O)cc3)ccc21. The summed E-state index contributed by atoms with van der Waals surface area (Å²) < 4.78 is 5.24. The second kappa shape index (κ2) is 7.00. The molecule has 3 rings (SSSR count). The quantitative estimate of drug-likeness (QED) is 0.675. The van der Waals surface area contributed by atoms with Crippen LogP contribution in [0.15, 0.2) is 42.5 Å². The van der Waals surface area contributed by atoms with Gasteiger partial charge in [-0.15, -0.1) is 0 Å². The van der Waals surface area contributed by atoms with Crippen molar-refractivity contribution < 1.29 is 24.2 Å². The van der Waals surface area contributed by atoms with Crippen molar-refractivity contribution in [2.75, 3.05) is 11.4 Å². The molecule has 2 aromatic rings. The number of carbonyl (C=O) groups is 3. The van der Waals surface area contributed by atoms with Gasteiger partial charge in [-0.3, -0.25) is 9.59 Å². The Morgan fingerprint density at radius 3 is 2.38 bits per heavy atom. The molecule has 0 bridgehead atoms. The van der Waals surface area contributed by atoms with Crippen LogP contribution in [0.5, 0.6) is 5.75 Å². The summed E-state index contributed by atoms with van der Waals surface area (Å²) in [5.41, 5.74) is 2.46. The van der Waals surface area contributed by atoms with Gasteiger partial charge in [0, 0.05) is 24.7 Å². The summed E-state index contributed by atoms with van der Waals surface area (Å²) >= 11 is 0. The van der Waals surface area contributed by atoms with E-state index in [9.17, 15) is 19.5 Å². The largest absolute Gasteiger partial charge is 0.508 e. The van der Waals surface area contributed by atoms with E-state index in [1.54, 1.807) is 23.1 Å². The first kappa shape index (κ1) is 17.7. The Kier molecular flexibility index (Phi) is 4.75. The Balaban J connectivity index is 1.72. The molecular weight excluding hydrogens is 334 g/mol. The highest BCUT2D eigenvalue weighted by atomic mass is 16.5. The summed E-state index contributed by atoms with van der Waals surface area (Å²) in [6.45, 7) is 3.64. The minimum Gasteiger partial charge on any atom is -0.508 e. The molecule has 0 radical (unpaired) electrons. The number of carbonyl (C=O) groups excluding carboxylic acids is 3. The number of aromatic hydroxyl groups is 1. The molecule has 6 nitrogen and oxygen atoms in total. The first-order valence-electron chi connectivity index (χ1n) is 8.32. The smallest absolute Gasteiger partial charge is 0.338 e. The molecule has 1 amide bonds. The highest BCUT2D eigenvalue weighted by Crippen LogP contribution is 2.29. The van der Waals surface area contributed by atoms with Crippen LogP contribution in [-0.4, -0.2) is 35.4 Å². The van der Waals surface area contributed by atoms with E-state index in [1.807, 2.05) is 0 Å². The summed E-state index contributed by atoms with van der Waals surface area (Å²) in [5, 5.41) is 9.26. The van der Waals surface area contributed by atoms with Gasteiger partial charge in [-0.1, -0.05) is 0 Å². The van der Waals surface area contributed by atoms with Crippen molar-refractivity contribution >= 4 is 23.3 Å². The molecule has 0 aliphatic carbocycles. The standard InChI is InChI=1S/C20H19NO5/c1-12(26-20(25)14-3-6-17(23)7-4-14)19(24)16-5-8-18-15(11-16)9-10-21(18)13(2)22/h3-8,11-12,23H,9-10H2,1-2H3. The van der Waals surface area contributed by atoms with Gasteiger partial charge in [0.25, 0.3) is 0 Å². The number of rotatable bonds is 4. The number of amides is 1. The van der Waals surface area contributed by atoms with E-state index in [1.165, 1.54) is 38.1 Å². The van der Waals surface area contributed by atoms with Crippen LogP contribution < -0.4 is 4.90 Å². The number of Topliss-reactive ketones (excluding diaryl/α,β-unsaturated/α-hetero) is 1. The van der Waals surface area contributed by atoms with Gasteiger partial charge in [-0.05, 0) is 61.4 Å². The topological polar surface area (TPSA) is 83.9 Å². The lowest BCUT2D eigenvalue weighted by Crippen LogP contribution is -2.26. The number of benzene rings is 2. The Morgan fingerprint density at radius 2 is 1.73 bits per heavy atom. The van der Waals surface area contributed by atoms with Crippen LogP contribution in [0.3, 0.4) is 0 Å². The third-order valence-electron chi connectivity index (χ3n) is 4.40. The number of fused-ring (bicyclic) bond motifs is 1. The maximum Gasteiger partial charge on any atom is 0.338 e. The van der Waals surface area contributed by atoms with Crippen molar-refractivity contribution in [2.24, 2.45) is 0 Å². The Hall–Kier alpha value is -3.15. The molecular formula is C20H19NO5. The van der Waals surface area contributed by atoms with Crippen molar-refractivity contribution in [3.63, 3.8) is 0 Å². The van der Waals surface area contributed by atoms with Gasteiger partial charge in [0.2, 0.25) is 11.7 Å². The van der Waals surface area contributed by atoms with Crippen LogP contribution in [0.25, 0.3) is 0 Å². The van der Waals surface area contributed by atoms with Crippen LogP contribution in [0, 0.1) is 0 Å². The van der Waals surface area contributed by atoms with Crippen LogP contribution in [0.4, 0.5) is 5.69 Å². The second-order valence-electron chi connectivity index (χ2n) is 6.22. The van der Waals surface area contributed by atoms with Gasteiger partial charge in [0.05, 0.1) is 5.56 Å². The van der Waals surface area contributed by atoms with E-state index < -0.39 is 12.1 Å². The Morgan fingerprint density at radius 1 is 1.08 bits per heavy atom.